The van der Waals surface area contributed by atoms with Gasteiger partial charge in [0.15, 0.2) is 0 Å². The van der Waals surface area contributed by atoms with E-state index >= 15 is 0 Å². The zero-order valence-corrected chi connectivity index (χ0v) is 19.2. The lowest BCUT2D eigenvalue weighted by Crippen LogP contribution is -2.57. The molecular weight excluding hydrogens is 404 g/mol. The maximum absolute atomic E-state index is 12.6. The molecule has 0 radical (unpaired) electrons. The van der Waals surface area contributed by atoms with E-state index in [1.807, 2.05) is 6.92 Å². The average molecular weight is 441 g/mol. The van der Waals surface area contributed by atoms with Crippen molar-refractivity contribution in [2.75, 3.05) is 0 Å². The SMILES string of the molecule is CC(N)CC(=O)O[C@H]1CC[C@@]2(C)C(C1)/C(=N/O)C[C@@H]1[C@@H]2CC[C@]2(C)C(=O)CC[C@@H]12.Cl. The molecule has 30 heavy (non-hydrogen) atoms. The lowest BCUT2D eigenvalue weighted by atomic mass is 9.44. The van der Waals surface area contributed by atoms with Gasteiger partial charge in [-0.3, -0.25) is 9.59 Å². The van der Waals surface area contributed by atoms with E-state index in [0.717, 1.165) is 50.7 Å². The Bertz CT molecular complexity index is 726. The van der Waals surface area contributed by atoms with Crippen molar-refractivity contribution >= 4 is 29.9 Å². The van der Waals surface area contributed by atoms with Gasteiger partial charge in [-0.15, -0.1) is 12.4 Å². The summed E-state index contributed by atoms with van der Waals surface area (Å²) in [5, 5.41) is 13.6. The number of hydrogen-bond acceptors (Lipinski definition) is 6. The van der Waals surface area contributed by atoms with Crippen LogP contribution in [-0.2, 0) is 14.3 Å². The third kappa shape index (κ3) is 3.68. The lowest BCUT2D eigenvalue weighted by molar-refractivity contribution is -0.156. The summed E-state index contributed by atoms with van der Waals surface area (Å²) < 4.78 is 5.72. The van der Waals surface area contributed by atoms with Gasteiger partial charge in [0, 0.05) is 23.8 Å². The quantitative estimate of drug-likeness (QED) is 0.390. The van der Waals surface area contributed by atoms with Crippen LogP contribution in [0.3, 0.4) is 0 Å². The number of esters is 1. The van der Waals surface area contributed by atoms with E-state index in [1.165, 1.54) is 0 Å². The summed E-state index contributed by atoms with van der Waals surface area (Å²) in [7, 11) is 0. The number of carbonyl (C=O) groups excluding carboxylic acids is 2. The summed E-state index contributed by atoms with van der Waals surface area (Å²) in [5.74, 6) is 1.71. The zero-order chi connectivity index (χ0) is 21.0. The Balaban J connectivity index is 0.00000256. The van der Waals surface area contributed by atoms with Crippen LogP contribution in [0.1, 0.15) is 78.6 Å². The Morgan fingerprint density at radius 3 is 2.67 bits per heavy atom. The van der Waals surface area contributed by atoms with E-state index in [9.17, 15) is 14.8 Å². The Morgan fingerprint density at radius 2 is 2.00 bits per heavy atom. The smallest absolute Gasteiger partial charge is 0.307 e. The zero-order valence-electron chi connectivity index (χ0n) is 18.4. The first kappa shape index (κ1) is 23.5. The molecule has 4 saturated carbocycles. The number of Topliss-reactive ketones (excluding diaryl/α,β-unsaturated/α-hetero) is 1. The van der Waals surface area contributed by atoms with Crippen LogP contribution >= 0.6 is 12.4 Å². The van der Waals surface area contributed by atoms with Crippen LogP contribution in [0.2, 0.25) is 0 Å². The van der Waals surface area contributed by atoms with Crippen LogP contribution in [0.25, 0.3) is 0 Å². The molecule has 0 aromatic heterocycles. The summed E-state index contributed by atoms with van der Waals surface area (Å²) >= 11 is 0. The second-order valence-corrected chi connectivity index (χ2v) is 10.7. The molecule has 4 fully saturated rings. The molecular formula is C23H37ClN2O4. The van der Waals surface area contributed by atoms with E-state index < -0.39 is 0 Å². The van der Waals surface area contributed by atoms with Crippen molar-refractivity contribution in [3.05, 3.63) is 0 Å². The highest BCUT2D eigenvalue weighted by atomic mass is 35.5. The fourth-order valence-electron chi connectivity index (χ4n) is 7.52. The monoisotopic (exact) mass is 440 g/mol. The third-order valence-electron chi connectivity index (χ3n) is 9.06. The van der Waals surface area contributed by atoms with Gasteiger partial charge in [-0.2, -0.15) is 0 Å². The molecule has 4 aliphatic carbocycles. The van der Waals surface area contributed by atoms with Crippen molar-refractivity contribution in [2.45, 2.75) is 90.7 Å². The Kier molecular flexibility index (Phi) is 6.60. The number of carbonyl (C=O) groups is 2. The minimum Gasteiger partial charge on any atom is -0.462 e. The topological polar surface area (TPSA) is 102 Å². The number of oxime groups is 1. The van der Waals surface area contributed by atoms with Gasteiger partial charge in [0.1, 0.15) is 11.9 Å². The molecule has 3 N–H and O–H groups in total. The molecule has 0 aromatic carbocycles. The maximum Gasteiger partial charge on any atom is 0.307 e. The number of nitrogens with zero attached hydrogens (tertiary/aromatic N) is 1. The van der Waals surface area contributed by atoms with Crippen LogP contribution in [0.4, 0.5) is 0 Å². The number of hydrogen-bond donors (Lipinski definition) is 2. The van der Waals surface area contributed by atoms with E-state index in [4.69, 9.17) is 10.5 Å². The van der Waals surface area contributed by atoms with Crippen molar-refractivity contribution in [3.63, 3.8) is 0 Å². The molecule has 6 nitrogen and oxygen atoms in total. The van der Waals surface area contributed by atoms with Crippen molar-refractivity contribution < 1.29 is 19.5 Å². The van der Waals surface area contributed by atoms with Gasteiger partial charge in [-0.1, -0.05) is 19.0 Å². The van der Waals surface area contributed by atoms with Crippen molar-refractivity contribution in [1.82, 2.24) is 0 Å². The normalized spacial score (nSPS) is 45.0. The molecule has 0 aromatic rings. The van der Waals surface area contributed by atoms with E-state index in [0.29, 0.717) is 30.0 Å². The maximum atomic E-state index is 12.6. The predicted octanol–water partition coefficient (Wildman–Crippen LogP) is 4.11. The summed E-state index contributed by atoms with van der Waals surface area (Å²) in [6.07, 6.45) is 7.16. The van der Waals surface area contributed by atoms with Gasteiger partial charge in [-0.05, 0) is 75.0 Å². The minimum absolute atomic E-state index is 0. The highest BCUT2D eigenvalue weighted by molar-refractivity contribution is 5.90. The molecule has 0 heterocycles. The van der Waals surface area contributed by atoms with Gasteiger partial charge in [0.05, 0.1) is 12.1 Å². The van der Waals surface area contributed by atoms with Crippen LogP contribution in [0, 0.1) is 34.5 Å². The van der Waals surface area contributed by atoms with E-state index in [1.54, 1.807) is 0 Å². The van der Waals surface area contributed by atoms with Crippen molar-refractivity contribution in [1.29, 1.82) is 0 Å². The standard InChI is InChI=1S/C23H36N2O4.ClH/c1-13(24)10-21(27)29-14-6-8-22(2)17-7-9-23(3)16(4-5-20(23)26)15(17)12-19(25-28)18(22)11-14;/h13-18,28H,4-12,24H2,1-3H3;1H/b25-19+;/t13?,14-,15-,16-,17-,18?,22+,23-;/m0./s1. The predicted molar refractivity (Wildman–Crippen MR) is 117 cm³/mol. The van der Waals surface area contributed by atoms with Gasteiger partial charge >= 0.3 is 5.97 Å². The van der Waals surface area contributed by atoms with E-state index in [2.05, 4.69) is 19.0 Å². The first-order valence-corrected chi connectivity index (χ1v) is 11.4. The lowest BCUT2D eigenvalue weighted by Gasteiger charge is -2.60. The average Bonchev–Trinajstić information content (AvgIpc) is 2.96. The summed E-state index contributed by atoms with van der Waals surface area (Å²) in [6, 6.07) is -0.202. The highest BCUT2D eigenvalue weighted by Crippen LogP contribution is 2.65. The molecule has 0 bridgehead atoms. The minimum atomic E-state index is -0.234. The highest BCUT2D eigenvalue weighted by Gasteiger charge is 2.62. The molecule has 0 saturated heterocycles. The molecule has 4 rings (SSSR count). The second kappa shape index (κ2) is 8.42. The fraction of sp³-hybridized carbons (Fsp3) is 0.870. The fourth-order valence-corrected chi connectivity index (χ4v) is 7.52. The molecule has 170 valence electrons. The number of nitrogens with two attached hydrogens (primary N) is 1. The summed E-state index contributed by atoms with van der Waals surface area (Å²) in [5.41, 5.74) is 6.44. The third-order valence-corrected chi connectivity index (χ3v) is 9.06. The second-order valence-electron chi connectivity index (χ2n) is 10.7. The van der Waals surface area contributed by atoms with Crippen molar-refractivity contribution in [3.8, 4) is 0 Å². The van der Waals surface area contributed by atoms with Crippen molar-refractivity contribution in [2.24, 2.45) is 45.4 Å². The van der Waals surface area contributed by atoms with Crippen LogP contribution in [0.5, 0.6) is 0 Å². The molecule has 0 spiro atoms. The first-order chi connectivity index (χ1) is 13.7. The van der Waals surface area contributed by atoms with Gasteiger partial charge in [0.2, 0.25) is 0 Å². The molecule has 0 amide bonds. The molecule has 8 atom stereocenters. The number of fused-ring (bicyclic) bond motifs is 5. The Labute approximate surface area is 185 Å². The van der Waals surface area contributed by atoms with Crippen LogP contribution in [-0.4, -0.2) is 34.8 Å². The number of ketones is 1. The Morgan fingerprint density at radius 1 is 1.27 bits per heavy atom. The first-order valence-electron chi connectivity index (χ1n) is 11.4. The van der Waals surface area contributed by atoms with Crippen LogP contribution in [0.15, 0.2) is 5.16 Å². The Hall–Kier alpha value is -1.14. The van der Waals surface area contributed by atoms with Gasteiger partial charge < -0.3 is 15.7 Å². The van der Waals surface area contributed by atoms with E-state index in [-0.39, 0.29) is 53.7 Å². The summed E-state index contributed by atoms with van der Waals surface area (Å²) in [6.45, 7) is 6.32. The van der Waals surface area contributed by atoms with Gasteiger partial charge in [-0.25, -0.2) is 0 Å². The van der Waals surface area contributed by atoms with Crippen LogP contribution < -0.4 is 5.73 Å². The molecule has 4 aliphatic rings. The largest absolute Gasteiger partial charge is 0.462 e. The number of ether oxygens (including phenoxy) is 1. The van der Waals surface area contributed by atoms with Gasteiger partial charge in [0.25, 0.3) is 0 Å². The number of halogens is 1. The molecule has 0 aliphatic heterocycles. The molecule has 2 unspecified atom stereocenters. The summed E-state index contributed by atoms with van der Waals surface area (Å²) in [4.78, 5) is 24.7. The molecule has 7 heteroatoms. The number of rotatable bonds is 3.